The van der Waals surface area contributed by atoms with Crippen molar-refractivity contribution in [3.05, 3.63) is 0 Å². The molecule has 2 atom stereocenters. The Kier molecular flexibility index (Phi) is 7.50. The highest BCUT2D eigenvalue weighted by molar-refractivity contribution is 5.53. The number of unbranched alkanes of at least 4 members (excludes halogenated alkanes) is 1. The lowest BCUT2D eigenvalue weighted by Crippen LogP contribution is -2.07. The molecule has 0 rings (SSSR count). The lowest BCUT2D eigenvalue weighted by atomic mass is 10.00. The number of aliphatic hydroxyl groups excluding tert-OH is 1. The number of hydrogen-bond donors (Lipinski definition) is 1. The molecular formula is C10H18O3. The van der Waals surface area contributed by atoms with Gasteiger partial charge in [-0.15, -0.1) is 0 Å². The number of carbonyl (C=O) groups is 2. The maximum Gasteiger partial charge on any atom is 0.125 e. The van der Waals surface area contributed by atoms with E-state index in [9.17, 15) is 9.59 Å². The molecule has 0 fully saturated rings. The molecule has 1 N–H and O–H groups in total. The Morgan fingerprint density at radius 1 is 1.15 bits per heavy atom. The van der Waals surface area contributed by atoms with Gasteiger partial charge in [0.05, 0.1) is 6.61 Å². The topological polar surface area (TPSA) is 54.4 Å². The van der Waals surface area contributed by atoms with Crippen molar-refractivity contribution < 1.29 is 14.7 Å². The number of aliphatic hydroxyl groups is 1. The minimum atomic E-state index is -0.216. The van der Waals surface area contributed by atoms with Crippen molar-refractivity contribution in [1.82, 2.24) is 0 Å². The maximum absolute atomic E-state index is 10.3. The van der Waals surface area contributed by atoms with Crippen molar-refractivity contribution >= 4 is 12.6 Å². The summed E-state index contributed by atoms with van der Waals surface area (Å²) >= 11 is 0. The Bertz CT molecular complexity index is 145. The summed E-state index contributed by atoms with van der Waals surface area (Å²) in [7, 11) is 0. The average Bonchev–Trinajstić information content (AvgIpc) is 2.18. The van der Waals surface area contributed by atoms with Gasteiger partial charge in [-0.25, -0.2) is 0 Å². The van der Waals surface area contributed by atoms with Crippen molar-refractivity contribution in [2.24, 2.45) is 11.8 Å². The van der Waals surface area contributed by atoms with E-state index < -0.39 is 0 Å². The Labute approximate surface area is 79.1 Å². The molecule has 2 unspecified atom stereocenters. The molecule has 0 saturated carbocycles. The molecule has 0 aliphatic rings. The first-order valence-corrected chi connectivity index (χ1v) is 4.76. The van der Waals surface area contributed by atoms with E-state index in [0.29, 0.717) is 0 Å². The molecule has 76 valence electrons. The normalized spacial score (nSPS) is 14.9. The number of rotatable bonds is 8. The molecule has 0 radical (unpaired) electrons. The van der Waals surface area contributed by atoms with Gasteiger partial charge >= 0.3 is 0 Å². The lowest BCUT2D eigenvalue weighted by Gasteiger charge is -2.06. The van der Waals surface area contributed by atoms with Crippen molar-refractivity contribution in [3.63, 3.8) is 0 Å². The molecule has 0 spiro atoms. The fraction of sp³-hybridized carbons (Fsp3) is 0.800. The molecule has 13 heavy (non-hydrogen) atoms. The molecule has 3 nitrogen and oxygen atoms in total. The minimum absolute atomic E-state index is 0.0628. The molecular weight excluding hydrogens is 168 g/mol. The highest BCUT2D eigenvalue weighted by Crippen LogP contribution is 2.10. The zero-order valence-electron chi connectivity index (χ0n) is 8.11. The Morgan fingerprint density at radius 3 is 2.23 bits per heavy atom. The summed E-state index contributed by atoms with van der Waals surface area (Å²) in [5.74, 6) is -0.102. The van der Waals surface area contributed by atoms with Gasteiger partial charge in [-0.2, -0.15) is 0 Å². The van der Waals surface area contributed by atoms with Gasteiger partial charge in [0.15, 0.2) is 0 Å². The summed E-state index contributed by atoms with van der Waals surface area (Å²) in [5.41, 5.74) is 0. The Morgan fingerprint density at radius 2 is 1.77 bits per heavy atom. The van der Waals surface area contributed by atoms with Crippen molar-refractivity contribution in [2.75, 3.05) is 6.61 Å². The molecule has 0 amide bonds. The van der Waals surface area contributed by atoms with Gasteiger partial charge in [0.1, 0.15) is 12.6 Å². The van der Waals surface area contributed by atoms with Crippen LogP contribution in [0.3, 0.4) is 0 Å². The van der Waals surface area contributed by atoms with E-state index in [0.717, 1.165) is 38.3 Å². The quantitative estimate of drug-likeness (QED) is 0.457. The van der Waals surface area contributed by atoms with Gasteiger partial charge in [-0.05, 0) is 12.8 Å². The van der Waals surface area contributed by atoms with Crippen molar-refractivity contribution in [3.8, 4) is 0 Å². The smallest absolute Gasteiger partial charge is 0.125 e. The summed E-state index contributed by atoms with van der Waals surface area (Å²) < 4.78 is 0. The fourth-order valence-electron chi connectivity index (χ4n) is 1.14. The molecule has 0 heterocycles. The van der Waals surface area contributed by atoms with E-state index in [1.54, 1.807) is 0 Å². The van der Waals surface area contributed by atoms with Gasteiger partial charge in [0, 0.05) is 11.8 Å². The van der Waals surface area contributed by atoms with Crippen LogP contribution in [0.15, 0.2) is 0 Å². The number of hydrogen-bond acceptors (Lipinski definition) is 3. The first kappa shape index (κ1) is 12.3. The zero-order chi connectivity index (χ0) is 10.1. The van der Waals surface area contributed by atoms with Gasteiger partial charge in [0.25, 0.3) is 0 Å². The van der Waals surface area contributed by atoms with Crippen LogP contribution in [0, 0.1) is 11.8 Å². The molecule has 0 saturated heterocycles. The summed E-state index contributed by atoms with van der Waals surface area (Å²) in [6.07, 6.45) is 5.20. The van der Waals surface area contributed by atoms with Crippen LogP contribution in [-0.4, -0.2) is 24.3 Å². The molecule has 0 aliphatic carbocycles. The Balaban J connectivity index is 3.33. The second-order valence-electron chi connectivity index (χ2n) is 3.48. The standard InChI is InChI=1S/C10H18O3/c1-9(6-11)4-2-3-5-10(7-12)8-13/h6-7,9-10,13H,2-5,8H2,1H3. The largest absolute Gasteiger partial charge is 0.396 e. The van der Waals surface area contributed by atoms with Crippen LogP contribution in [-0.2, 0) is 9.59 Å². The van der Waals surface area contributed by atoms with Gasteiger partial charge in [0.2, 0.25) is 0 Å². The summed E-state index contributed by atoms with van der Waals surface area (Å²) in [5, 5.41) is 8.69. The molecule has 0 aromatic rings. The highest BCUT2D eigenvalue weighted by atomic mass is 16.3. The zero-order valence-corrected chi connectivity index (χ0v) is 8.11. The van der Waals surface area contributed by atoms with Gasteiger partial charge in [-0.1, -0.05) is 19.8 Å². The summed E-state index contributed by atoms with van der Waals surface area (Å²) in [4.78, 5) is 20.6. The number of aldehydes is 2. The molecule has 0 aromatic heterocycles. The van der Waals surface area contributed by atoms with Gasteiger partial charge in [-0.3, -0.25) is 0 Å². The van der Waals surface area contributed by atoms with Crippen molar-refractivity contribution in [2.45, 2.75) is 32.6 Å². The van der Waals surface area contributed by atoms with Gasteiger partial charge < -0.3 is 14.7 Å². The van der Waals surface area contributed by atoms with E-state index in [4.69, 9.17) is 5.11 Å². The number of carbonyl (C=O) groups excluding carboxylic acids is 2. The summed E-state index contributed by atoms with van der Waals surface area (Å²) in [6.45, 7) is 1.82. The minimum Gasteiger partial charge on any atom is -0.396 e. The van der Waals surface area contributed by atoms with Crippen LogP contribution < -0.4 is 0 Å². The molecule has 0 aromatic carbocycles. The van der Waals surface area contributed by atoms with Crippen LogP contribution in [0.5, 0.6) is 0 Å². The van der Waals surface area contributed by atoms with Crippen LogP contribution in [0.2, 0.25) is 0 Å². The lowest BCUT2D eigenvalue weighted by molar-refractivity contribution is -0.112. The second-order valence-corrected chi connectivity index (χ2v) is 3.48. The third-order valence-electron chi connectivity index (χ3n) is 2.14. The Hall–Kier alpha value is -0.700. The third kappa shape index (κ3) is 6.46. The van der Waals surface area contributed by atoms with E-state index in [1.165, 1.54) is 0 Å². The molecule has 0 bridgehead atoms. The molecule has 0 aliphatic heterocycles. The SMILES string of the molecule is CC(C=O)CCCCC(C=O)CO. The van der Waals surface area contributed by atoms with Crippen LogP contribution in [0.25, 0.3) is 0 Å². The maximum atomic E-state index is 10.3. The van der Waals surface area contributed by atoms with Crippen LogP contribution in [0.4, 0.5) is 0 Å². The monoisotopic (exact) mass is 186 g/mol. The van der Waals surface area contributed by atoms with E-state index in [1.807, 2.05) is 6.92 Å². The first-order valence-electron chi connectivity index (χ1n) is 4.76. The fourth-order valence-corrected chi connectivity index (χ4v) is 1.14. The predicted molar refractivity (Wildman–Crippen MR) is 50.3 cm³/mol. The third-order valence-corrected chi connectivity index (χ3v) is 2.14. The summed E-state index contributed by atoms with van der Waals surface area (Å²) in [6, 6.07) is 0. The van der Waals surface area contributed by atoms with Crippen molar-refractivity contribution in [1.29, 1.82) is 0 Å². The van der Waals surface area contributed by atoms with E-state index >= 15 is 0 Å². The van der Waals surface area contributed by atoms with E-state index in [-0.39, 0.29) is 18.4 Å². The highest BCUT2D eigenvalue weighted by Gasteiger charge is 2.05. The van der Waals surface area contributed by atoms with E-state index in [2.05, 4.69) is 0 Å². The first-order chi connectivity index (χ1) is 6.24. The molecule has 3 heteroatoms. The average molecular weight is 186 g/mol. The van der Waals surface area contributed by atoms with Crippen LogP contribution in [0.1, 0.15) is 32.6 Å². The second kappa shape index (κ2) is 7.92. The van der Waals surface area contributed by atoms with Crippen LogP contribution >= 0.6 is 0 Å². The predicted octanol–water partition coefficient (Wildman–Crippen LogP) is 1.19.